The second-order valence-electron chi connectivity index (χ2n) is 5.24. The lowest BCUT2D eigenvalue weighted by molar-refractivity contribution is 0.643. The molecule has 1 heterocycles. The summed E-state index contributed by atoms with van der Waals surface area (Å²) in [5.41, 5.74) is 8.62. The van der Waals surface area contributed by atoms with Gasteiger partial charge in [-0.1, -0.05) is 31.5 Å². The van der Waals surface area contributed by atoms with E-state index in [1.807, 2.05) is 23.9 Å². The maximum Gasteiger partial charge on any atom is 0.0459 e. The Labute approximate surface area is 125 Å². The molecule has 2 unspecified atom stereocenters. The maximum absolute atomic E-state index is 6.40. The SMILES string of the molecule is CCC(N)Cc1c(Cl)cccc1N1CCSC(C)C1. The number of thioether (sulfide) groups is 1. The van der Waals surface area contributed by atoms with E-state index in [0.29, 0.717) is 5.25 Å². The molecule has 0 saturated carbocycles. The molecule has 0 bridgehead atoms. The monoisotopic (exact) mass is 298 g/mol. The van der Waals surface area contributed by atoms with Crippen molar-refractivity contribution in [1.29, 1.82) is 0 Å². The predicted molar refractivity (Wildman–Crippen MR) is 87.6 cm³/mol. The molecule has 0 aliphatic carbocycles. The van der Waals surface area contributed by atoms with Crippen LogP contribution < -0.4 is 10.6 Å². The van der Waals surface area contributed by atoms with Crippen LogP contribution in [0.3, 0.4) is 0 Å². The molecule has 1 aliphatic heterocycles. The van der Waals surface area contributed by atoms with E-state index in [-0.39, 0.29) is 6.04 Å². The van der Waals surface area contributed by atoms with Crippen LogP contribution >= 0.6 is 23.4 Å². The van der Waals surface area contributed by atoms with E-state index in [1.54, 1.807) is 0 Å². The van der Waals surface area contributed by atoms with Crippen LogP contribution in [0.5, 0.6) is 0 Å². The second-order valence-corrected chi connectivity index (χ2v) is 7.19. The minimum Gasteiger partial charge on any atom is -0.369 e. The van der Waals surface area contributed by atoms with Crippen molar-refractivity contribution in [2.45, 2.75) is 38.0 Å². The molecule has 0 amide bonds. The molecule has 0 radical (unpaired) electrons. The lowest BCUT2D eigenvalue weighted by Crippen LogP contribution is -2.37. The maximum atomic E-state index is 6.40. The summed E-state index contributed by atoms with van der Waals surface area (Å²) in [4.78, 5) is 2.46. The highest BCUT2D eigenvalue weighted by Crippen LogP contribution is 2.31. The van der Waals surface area contributed by atoms with Gasteiger partial charge in [0.25, 0.3) is 0 Å². The first kappa shape index (κ1) is 15.0. The van der Waals surface area contributed by atoms with Gasteiger partial charge in [0.1, 0.15) is 0 Å². The zero-order valence-corrected chi connectivity index (χ0v) is 13.3. The Morgan fingerprint density at radius 2 is 2.32 bits per heavy atom. The number of rotatable bonds is 4. The fourth-order valence-electron chi connectivity index (χ4n) is 2.49. The molecule has 1 saturated heterocycles. The van der Waals surface area contributed by atoms with Gasteiger partial charge in [-0.2, -0.15) is 11.8 Å². The first-order chi connectivity index (χ1) is 9.11. The van der Waals surface area contributed by atoms with Crippen LogP contribution in [0, 0.1) is 0 Å². The molecule has 106 valence electrons. The summed E-state index contributed by atoms with van der Waals surface area (Å²) in [5, 5.41) is 1.53. The van der Waals surface area contributed by atoms with Crippen molar-refractivity contribution in [3.63, 3.8) is 0 Å². The van der Waals surface area contributed by atoms with Crippen LogP contribution in [0.1, 0.15) is 25.8 Å². The molecule has 4 heteroatoms. The first-order valence-corrected chi connectivity index (χ1v) is 8.44. The van der Waals surface area contributed by atoms with E-state index in [4.69, 9.17) is 17.3 Å². The highest BCUT2D eigenvalue weighted by molar-refractivity contribution is 8.00. The highest BCUT2D eigenvalue weighted by atomic mass is 35.5. The minimum absolute atomic E-state index is 0.190. The second kappa shape index (κ2) is 6.87. The molecule has 2 N–H and O–H groups in total. The average Bonchev–Trinajstić information content (AvgIpc) is 2.40. The smallest absolute Gasteiger partial charge is 0.0459 e. The van der Waals surface area contributed by atoms with Gasteiger partial charge in [-0.05, 0) is 30.5 Å². The third-order valence-corrected chi connectivity index (χ3v) is 5.16. The van der Waals surface area contributed by atoms with E-state index >= 15 is 0 Å². The van der Waals surface area contributed by atoms with Crippen LogP contribution in [0.15, 0.2) is 18.2 Å². The van der Waals surface area contributed by atoms with Crippen molar-refractivity contribution in [1.82, 2.24) is 0 Å². The van der Waals surface area contributed by atoms with Gasteiger partial charge in [0.05, 0.1) is 0 Å². The van der Waals surface area contributed by atoms with Crippen molar-refractivity contribution in [3.05, 3.63) is 28.8 Å². The largest absolute Gasteiger partial charge is 0.369 e. The fraction of sp³-hybridized carbons (Fsp3) is 0.600. The third kappa shape index (κ3) is 3.80. The normalized spacial score (nSPS) is 21.5. The van der Waals surface area contributed by atoms with E-state index in [9.17, 15) is 0 Å². The zero-order chi connectivity index (χ0) is 13.8. The Morgan fingerprint density at radius 3 is 3.00 bits per heavy atom. The van der Waals surface area contributed by atoms with E-state index in [1.165, 1.54) is 17.0 Å². The van der Waals surface area contributed by atoms with Crippen LogP contribution in [0.4, 0.5) is 5.69 Å². The predicted octanol–water partition coefficient (Wildman–Crippen LogP) is 3.56. The molecule has 0 aromatic heterocycles. The topological polar surface area (TPSA) is 29.3 Å². The lowest BCUT2D eigenvalue weighted by Gasteiger charge is -2.34. The minimum atomic E-state index is 0.190. The van der Waals surface area contributed by atoms with Crippen LogP contribution in [-0.4, -0.2) is 30.1 Å². The standard InChI is InChI=1S/C15H23ClN2S/c1-3-12(17)9-13-14(16)5-4-6-15(13)18-7-8-19-11(2)10-18/h4-6,11-12H,3,7-10,17H2,1-2H3. The lowest BCUT2D eigenvalue weighted by atomic mass is 10.0. The van der Waals surface area contributed by atoms with Crippen LogP contribution in [0.2, 0.25) is 5.02 Å². The number of anilines is 1. The van der Waals surface area contributed by atoms with Gasteiger partial charge in [-0.3, -0.25) is 0 Å². The quantitative estimate of drug-likeness (QED) is 0.921. The highest BCUT2D eigenvalue weighted by Gasteiger charge is 2.21. The molecule has 1 aromatic rings. The van der Waals surface area contributed by atoms with Gasteiger partial charge in [-0.25, -0.2) is 0 Å². The summed E-state index contributed by atoms with van der Waals surface area (Å²) in [5.74, 6) is 1.19. The zero-order valence-electron chi connectivity index (χ0n) is 11.7. The molecular weight excluding hydrogens is 276 g/mol. The van der Waals surface area contributed by atoms with Gasteiger partial charge < -0.3 is 10.6 Å². The molecular formula is C15H23ClN2S. The van der Waals surface area contributed by atoms with E-state index in [0.717, 1.165) is 31.0 Å². The van der Waals surface area contributed by atoms with Gasteiger partial charge >= 0.3 is 0 Å². The summed E-state index contributed by atoms with van der Waals surface area (Å²) in [6.45, 7) is 6.61. The number of nitrogens with two attached hydrogens (primary N) is 1. The van der Waals surface area contributed by atoms with Crippen molar-refractivity contribution in [3.8, 4) is 0 Å². The van der Waals surface area contributed by atoms with Crippen molar-refractivity contribution in [2.24, 2.45) is 5.73 Å². The number of benzene rings is 1. The Kier molecular flexibility index (Phi) is 5.43. The summed E-state index contributed by atoms with van der Waals surface area (Å²) in [7, 11) is 0. The molecule has 2 nitrogen and oxygen atoms in total. The number of halogens is 1. The van der Waals surface area contributed by atoms with Crippen molar-refractivity contribution >= 4 is 29.1 Å². The van der Waals surface area contributed by atoms with Crippen LogP contribution in [0.25, 0.3) is 0 Å². The van der Waals surface area contributed by atoms with Gasteiger partial charge in [0, 0.05) is 40.8 Å². The number of hydrogen-bond acceptors (Lipinski definition) is 3. The van der Waals surface area contributed by atoms with Crippen molar-refractivity contribution in [2.75, 3.05) is 23.7 Å². The van der Waals surface area contributed by atoms with Crippen LogP contribution in [-0.2, 0) is 6.42 Å². The fourth-order valence-corrected chi connectivity index (χ4v) is 3.75. The molecule has 1 aliphatic rings. The van der Waals surface area contributed by atoms with Gasteiger partial charge in [-0.15, -0.1) is 0 Å². The summed E-state index contributed by atoms with van der Waals surface area (Å²) in [6.07, 6.45) is 1.85. The number of hydrogen-bond donors (Lipinski definition) is 1. The number of nitrogens with zero attached hydrogens (tertiary/aromatic N) is 1. The first-order valence-electron chi connectivity index (χ1n) is 7.01. The molecule has 1 fully saturated rings. The Morgan fingerprint density at radius 1 is 1.53 bits per heavy atom. The Hall–Kier alpha value is -0.380. The Bertz CT molecular complexity index is 425. The van der Waals surface area contributed by atoms with Gasteiger partial charge in [0.15, 0.2) is 0 Å². The van der Waals surface area contributed by atoms with E-state index < -0.39 is 0 Å². The molecule has 0 spiro atoms. The molecule has 2 rings (SSSR count). The molecule has 1 aromatic carbocycles. The summed E-state index contributed by atoms with van der Waals surface area (Å²) in [6, 6.07) is 6.40. The van der Waals surface area contributed by atoms with Crippen molar-refractivity contribution < 1.29 is 0 Å². The summed E-state index contributed by atoms with van der Waals surface area (Å²) >= 11 is 8.44. The average molecular weight is 299 g/mol. The third-order valence-electron chi connectivity index (χ3n) is 3.67. The molecule has 19 heavy (non-hydrogen) atoms. The van der Waals surface area contributed by atoms with Gasteiger partial charge in [0.2, 0.25) is 0 Å². The molecule has 2 atom stereocenters. The Balaban J connectivity index is 2.25. The van der Waals surface area contributed by atoms with E-state index in [2.05, 4.69) is 24.8 Å². The summed E-state index contributed by atoms with van der Waals surface area (Å²) < 4.78 is 0.